The van der Waals surface area contributed by atoms with Gasteiger partial charge in [0, 0.05) is 11.9 Å². The molecule has 0 bridgehead atoms. The van der Waals surface area contributed by atoms with Gasteiger partial charge in [-0.25, -0.2) is 5.32 Å². The van der Waals surface area contributed by atoms with Gasteiger partial charge in [0.25, 0.3) is 0 Å². The monoisotopic (exact) mass is 189 g/mol. The van der Waals surface area contributed by atoms with Crippen molar-refractivity contribution in [1.82, 2.24) is 0 Å². The molecule has 1 aliphatic heterocycles. The van der Waals surface area contributed by atoms with E-state index in [0.29, 0.717) is 0 Å². The van der Waals surface area contributed by atoms with Crippen LogP contribution < -0.4 is 15.7 Å². The standard InChI is InChI=1S/C10H13BN2O/c1-3-10-12-9-5-4-7(2)6-8(9)11(14)13-10/h4-6,14H,3H2,1-2H3,(H,12,13)/p+1. The zero-order chi connectivity index (χ0) is 10.1. The van der Waals surface area contributed by atoms with Crippen LogP contribution in [0.1, 0.15) is 18.9 Å². The summed E-state index contributed by atoms with van der Waals surface area (Å²) < 4.78 is 0. The Morgan fingerprint density at radius 2 is 2.29 bits per heavy atom. The van der Waals surface area contributed by atoms with E-state index in [0.717, 1.165) is 29.0 Å². The van der Waals surface area contributed by atoms with Crippen molar-refractivity contribution in [2.24, 2.45) is 0 Å². The topological polar surface area (TPSA) is 46.2 Å². The van der Waals surface area contributed by atoms with Crippen LogP contribution in [0.15, 0.2) is 18.2 Å². The summed E-state index contributed by atoms with van der Waals surface area (Å²) in [6.07, 6.45) is 0.865. The molecule has 0 atom stereocenters. The van der Waals surface area contributed by atoms with E-state index in [1.165, 1.54) is 0 Å². The summed E-state index contributed by atoms with van der Waals surface area (Å²) in [6, 6.07) is 6.04. The van der Waals surface area contributed by atoms with Crippen LogP contribution in [-0.2, 0) is 0 Å². The average Bonchev–Trinajstić information content (AvgIpc) is 2.19. The molecule has 1 aromatic carbocycles. The highest BCUT2D eigenvalue weighted by Crippen LogP contribution is 2.07. The van der Waals surface area contributed by atoms with Gasteiger partial charge >= 0.3 is 7.05 Å². The maximum Gasteiger partial charge on any atom is 0.574 e. The van der Waals surface area contributed by atoms with Crippen molar-refractivity contribution >= 4 is 24.0 Å². The van der Waals surface area contributed by atoms with Crippen LogP contribution in [0.4, 0.5) is 5.69 Å². The van der Waals surface area contributed by atoms with Crippen molar-refractivity contribution in [3.63, 3.8) is 0 Å². The fourth-order valence-electron chi connectivity index (χ4n) is 1.65. The molecule has 0 saturated carbocycles. The van der Waals surface area contributed by atoms with Crippen molar-refractivity contribution in [2.75, 3.05) is 5.32 Å². The summed E-state index contributed by atoms with van der Waals surface area (Å²) in [6.45, 7) is 4.06. The normalized spacial score (nSPS) is 14.5. The molecule has 0 radical (unpaired) electrons. The molecule has 72 valence electrons. The van der Waals surface area contributed by atoms with Gasteiger partial charge < -0.3 is 9.93 Å². The van der Waals surface area contributed by atoms with Crippen LogP contribution in [0.3, 0.4) is 0 Å². The molecule has 14 heavy (non-hydrogen) atoms. The number of fused-ring (bicyclic) bond motifs is 1. The number of anilines is 1. The lowest BCUT2D eigenvalue weighted by Gasteiger charge is -2.13. The van der Waals surface area contributed by atoms with E-state index in [4.69, 9.17) is 0 Å². The van der Waals surface area contributed by atoms with Crippen molar-refractivity contribution in [2.45, 2.75) is 20.3 Å². The van der Waals surface area contributed by atoms with Gasteiger partial charge in [0.2, 0.25) is 5.84 Å². The number of aryl methyl sites for hydroxylation is 1. The predicted octanol–water partition coefficient (Wildman–Crippen LogP) is -1.00. The smallest absolute Gasteiger partial charge is 0.408 e. The molecule has 0 unspecified atom stereocenters. The van der Waals surface area contributed by atoms with Crippen LogP contribution in [-0.4, -0.2) is 17.9 Å². The third kappa shape index (κ3) is 1.53. The maximum atomic E-state index is 9.82. The Bertz CT molecular complexity index is 390. The molecule has 0 fully saturated rings. The largest absolute Gasteiger partial charge is 0.574 e. The lowest BCUT2D eigenvalue weighted by molar-refractivity contribution is -0.312. The SMILES string of the molecule is CCC1=[NH+]B(O)c2cc(C)ccc2N1. The molecule has 3 N–H and O–H groups in total. The summed E-state index contributed by atoms with van der Waals surface area (Å²) in [5, 5.41) is 13.1. The first-order valence-electron chi connectivity index (χ1n) is 4.88. The van der Waals surface area contributed by atoms with Gasteiger partial charge in [-0.3, -0.25) is 0 Å². The summed E-state index contributed by atoms with van der Waals surface area (Å²) in [5.74, 6) is 0.967. The van der Waals surface area contributed by atoms with Gasteiger partial charge in [-0.15, -0.1) is 0 Å². The molecule has 2 rings (SSSR count). The molecule has 0 aromatic heterocycles. The van der Waals surface area contributed by atoms with E-state index in [-0.39, 0.29) is 0 Å². The minimum Gasteiger partial charge on any atom is -0.408 e. The Balaban J connectivity index is 2.42. The molecule has 1 heterocycles. The van der Waals surface area contributed by atoms with Crippen LogP contribution in [0, 0.1) is 6.92 Å². The zero-order valence-corrected chi connectivity index (χ0v) is 8.46. The molecule has 0 spiro atoms. The molecular formula is C10H14BN2O+. The number of hydrogen-bond donors (Lipinski definition) is 3. The van der Waals surface area contributed by atoms with E-state index < -0.39 is 7.05 Å². The second kappa shape index (κ2) is 3.46. The van der Waals surface area contributed by atoms with Gasteiger partial charge in [-0.1, -0.05) is 24.6 Å². The van der Waals surface area contributed by atoms with Gasteiger partial charge in [-0.05, 0) is 13.0 Å². The van der Waals surface area contributed by atoms with Gasteiger partial charge in [0.1, 0.15) is 5.69 Å². The van der Waals surface area contributed by atoms with Crippen LogP contribution in [0.5, 0.6) is 0 Å². The number of hydrogen-bond acceptors (Lipinski definition) is 2. The first-order chi connectivity index (χ1) is 6.70. The van der Waals surface area contributed by atoms with Gasteiger partial charge in [0.05, 0.1) is 0 Å². The summed E-state index contributed by atoms with van der Waals surface area (Å²) >= 11 is 0. The highest BCUT2D eigenvalue weighted by molar-refractivity contribution is 6.61. The third-order valence-electron chi connectivity index (χ3n) is 2.45. The Morgan fingerprint density at radius 1 is 1.50 bits per heavy atom. The summed E-state index contributed by atoms with van der Waals surface area (Å²) in [5.41, 5.74) is 3.08. The molecule has 0 aliphatic carbocycles. The number of nitrogens with one attached hydrogen (secondary N) is 2. The highest BCUT2D eigenvalue weighted by atomic mass is 16.2. The zero-order valence-electron chi connectivity index (χ0n) is 8.46. The number of benzene rings is 1. The van der Waals surface area contributed by atoms with E-state index >= 15 is 0 Å². The first-order valence-corrected chi connectivity index (χ1v) is 4.88. The highest BCUT2D eigenvalue weighted by Gasteiger charge is 2.30. The quantitative estimate of drug-likeness (QED) is 0.496. The van der Waals surface area contributed by atoms with Crippen LogP contribution in [0.25, 0.3) is 0 Å². The summed E-state index contributed by atoms with van der Waals surface area (Å²) in [7, 11) is -0.582. The van der Waals surface area contributed by atoms with Crippen LogP contribution >= 0.6 is 0 Å². The second-order valence-corrected chi connectivity index (χ2v) is 3.59. The lowest BCUT2D eigenvalue weighted by Crippen LogP contribution is -2.90. The molecule has 0 amide bonds. The minimum atomic E-state index is -0.582. The molecule has 1 aromatic rings. The minimum absolute atomic E-state index is 0.582. The average molecular weight is 189 g/mol. The fraction of sp³-hybridized carbons (Fsp3) is 0.300. The Labute approximate surface area is 84.0 Å². The molecular weight excluding hydrogens is 175 g/mol. The Morgan fingerprint density at radius 3 is 3.00 bits per heavy atom. The molecule has 3 nitrogen and oxygen atoms in total. The van der Waals surface area contributed by atoms with Gasteiger partial charge in [0.15, 0.2) is 0 Å². The second-order valence-electron chi connectivity index (χ2n) is 3.59. The fourth-order valence-corrected chi connectivity index (χ4v) is 1.65. The van der Waals surface area contributed by atoms with E-state index in [1.807, 2.05) is 32.0 Å². The maximum absolute atomic E-state index is 9.82. The first kappa shape index (κ1) is 9.28. The molecule has 4 heteroatoms. The van der Waals surface area contributed by atoms with E-state index in [1.54, 1.807) is 0 Å². The Kier molecular flexibility index (Phi) is 2.29. The molecule has 0 saturated heterocycles. The van der Waals surface area contributed by atoms with Crippen LogP contribution in [0.2, 0.25) is 0 Å². The van der Waals surface area contributed by atoms with Gasteiger partial charge in [-0.2, -0.15) is 0 Å². The molecule has 1 aliphatic rings. The van der Waals surface area contributed by atoms with Crippen molar-refractivity contribution < 1.29 is 9.93 Å². The number of amidine groups is 1. The predicted molar refractivity (Wildman–Crippen MR) is 58.7 cm³/mol. The lowest BCUT2D eigenvalue weighted by atomic mass is 9.72. The van der Waals surface area contributed by atoms with E-state index in [9.17, 15) is 5.02 Å². The summed E-state index contributed by atoms with van der Waals surface area (Å²) in [4.78, 5) is 3.01. The third-order valence-corrected chi connectivity index (χ3v) is 2.45. The number of rotatable bonds is 1. The van der Waals surface area contributed by atoms with Crippen molar-refractivity contribution in [3.05, 3.63) is 23.8 Å². The van der Waals surface area contributed by atoms with Crippen molar-refractivity contribution in [1.29, 1.82) is 0 Å². The Hall–Kier alpha value is -1.29. The van der Waals surface area contributed by atoms with Crippen molar-refractivity contribution in [3.8, 4) is 0 Å². The van der Waals surface area contributed by atoms with E-state index in [2.05, 4.69) is 10.2 Å².